The smallest absolute Gasteiger partial charge is 0.254 e. The summed E-state index contributed by atoms with van der Waals surface area (Å²) in [5.74, 6) is 0.302. The number of benzene rings is 3. The van der Waals surface area contributed by atoms with Crippen LogP contribution in [-0.2, 0) is 0 Å². The first kappa shape index (κ1) is 17.4. The van der Waals surface area contributed by atoms with E-state index >= 15 is 0 Å². The SMILES string of the molecule is O=C(c1cccc(Cl)c1)N1CCC2C[C@@H]1c1cc(-c3ccc(F)cc3)ccc12. The number of carbonyl (C=O) groups is 1. The van der Waals surface area contributed by atoms with Crippen LogP contribution in [0.15, 0.2) is 66.7 Å². The van der Waals surface area contributed by atoms with Crippen molar-refractivity contribution in [3.8, 4) is 11.1 Å². The maximum absolute atomic E-state index is 13.3. The lowest BCUT2D eigenvalue weighted by Gasteiger charge is -2.34. The molecule has 2 aliphatic rings. The Kier molecular flexibility index (Phi) is 4.21. The number of fused-ring (bicyclic) bond motifs is 5. The second-order valence-electron chi connectivity index (χ2n) is 7.60. The van der Waals surface area contributed by atoms with Gasteiger partial charge in [-0.25, -0.2) is 4.39 Å². The molecule has 0 N–H and O–H groups in total. The predicted molar refractivity (Wildman–Crippen MR) is 109 cm³/mol. The van der Waals surface area contributed by atoms with Gasteiger partial charge in [0.1, 0.15) is 5.82 Å². The van der Waals surface area contributed by atoms with Crippen molar-refractivity contribution in [1.29, 1.82) is 0 Å². The zero-order valence-electron chi connectivity index (χ0n) is 15.2. The largest absolute Gasteiger partial charge is 0.332 e. The van der Waals surface area contributed by atoms with Crippen LogP contribution < -0.4 is 0 Å². The molecule has 1 aliphatic carbocycles. The summed E-state index contributed by atoms with van der Waals surface area (Å²) in [5.41, 5.74) is 5.24. The van der Waals surface area contributed by atoms with Gasteiger partial charge in [-0.2, -0.15) is 0 Å². The fraction of sp³-hybridized carbons (Fsp3) is 0.208. The molecule has 3 aromatic carbocycles. The van der Waals surface area contributed by atoms with Crippen LogP contribution in [0.2, 0.25) is 5.02 Å². The van der Waals surface area contributed by atoms with Crippen LogP contribution in [0.25, 0.3) is 11.1 Å². The van der Waals surface area contributed by atoms with Gasteiger partial charge in [-0.15, -0.1) is 0 Å². The third-order valence-corrected chi connectivity index (χ3v) is 6.23. The minimum Gasteiger partial charge on any atom is -0.332 e. The first-order valence-corrected chi connectivity index (χ1v) is 9.94. The van der Waals surface area contributed by atoms with Crippen molar-refractivity contribution in [1.82, 2.24) is 4.90 Å². The Hall–Kier alpha value is -2.65. The van der Waals surface area contributed by atoms with Crippen molar-refractivity contribution in [2.45, 2.75) is 24.8 Å². The van der Waals surface area contributed by atoms with Crippen LogP contribution in [0, 0.1) is 5.82 Å². The lowest BCUT2D eigenvalue weighted by atomic mass is 9.94. The zero-order valence-corrected chi connectivity index (χ0v) is 16.0. The van der Waals surface area contributed by atoms with Crippen LogP contribution in [0.5, 0.6) is 0 Å². The maximum Gasteiger partial charge on any atom is 0.254 e. The molecule has 0 aromatic heterocycles. The minimum atomic E-state index is -0.237. The molecule has 1 amide bonds. The van der Waals surface area contributed by atoms with Crippen molar-refractivity contribution < 1.29 is 9.18 Å². The molecule has 28 heavy (non-hydrogen) atoms. The van der Waals surface area contributed by atoms with Gasteiger partial charge < -0.3 is 4.90 Å². The van der Waals surface area contributed by atoms with Gasteiger partial charge in [-0.05, 0) is 77.4 Å². The van der Waals surface area contributed by atoms with E-state index in [1.807, 2.05) is 17.0 Å². The van der Waals surface area contributed by atoms with Crippen LogP contribution in [-0.4, -0.2) is 17.4 Å². The quantitative estimate of drug-likeness (QED) is 0.507. The van der Waals surface area contributed by atoms with Crippen molar-refractivity contribution in [3.63, 3.8) is 0 Å². The van der Waals surface area contributed by atoms with E-state index in [0.717, 1.165) is 30.5 Å². The molecule has 1 saturated heterocycles. The number of nitrogens with zero attached hydrogens (tertiary/aromatic N) is 1. The molecule has 0 radical (unpaired) electrons. The highest BCUT2D eigenvalue weighted by Crippen LogP contribution is 2.50. The van der Waals surface area contributed by atoms with E-state index in [4.69, 9.17) is 11.6 Å². The molecule has 4 heteroatoms. The molecule has 0 spiro atoms. The monoisotopic (exact) mass is 391 g/mol. The highest BCUT2D eigenvalue weighted by molar-refractivity contribution is 6.30. The van der Waals surface area contributed by atoms with E-state index < -0.39 is 0 Å². The second-order valence-corrected chi connectivity index (χ2v) is 8.03. The van der Waals surface area contributed by atoms with Gasteiger partial charge in [-0.1, -0.05) is 41.9 Å². The van der Waals surface area contributed by atoms with E-state index in [-0.39, 0.29) is 17.8 Å². The van der Waals surface area contributed by atoms with Crippen molar-refractivity contribution in [3.05, 3.63) is 94.3 Å². The lowest BCUT2D eigenvalue weighted by Crippen LogP contribution is -2.37. The molecular weight excluding hydrogens is 373 g/mol. The second kappa shape index (κ2) is 6.75. The Balaban J connectivity index is 1.51. The molecule has 2 atom stereocenters. The number of hydrogen-bond acceptors (Lipinski definition) is 1. The normalized spacial score (nSPS) is 20.1. The Labute approximate surface area is 168 Å². The topological polar surface area (TPSA) is 20.3 Å². The van der Waals surface area contributed by atoms with Crippen LogP contribution in [0.1, 0.15) is 46.3 Å². The van der Waals surface area contributed by atoms with Gasteiger partial charge >= 0.3 is 0 Å². The van der Waals surface area contributed by atoms with Gasteiger partial charge in [0.05, 0.1) is 6.04 Å². The summed E-state index contributed by atoms with van der Waals surface area (Å²) in [6.07, 6.45) is 1.94. The highest BCUT2D eigenvalue weighted by atomic mass is 35.5. The molecule has 140 valence electrons. The maximum atomic E-state index is 13.3. The zero-order chi connectivity index (χ0) is 19.3. The summed E-state index contributed by atoms with van der Waals surface area (Å²) in [7, 11) is 0. The molecule has 2 nitrogen and oxygen atoms in total. The summed E-state index contributed by atoms with van der Waals surface area (Å²) >= 11 is 6.09. The van der Waals surface area contributed by atoms with Crippen molar-refractivity contribution in [2.24, 2.45) is 0 Å². The van der Waals surface area contributed by atoms with Crippen LogP contribution in [0.3, 0.4) is 0 Å². The van der Waals surface area contributed by atoms with Crippen LogP contribution >= 0.6 is 11.6 Å². The number of rotatable bonds is 2. The predicted octanol–water partition coefficient (Wildman–Crippen LogP) is 6.22. The van der Waals surface area contributed by atoms with Crippen molar-refractivity contribution >= 4 is 17.5 Å². The number of halogens is 2. The molecule has 5 rings (SSSR count). The van der Waals surface area contributed by atoms with Crippen LogP contribution in [0.4, 0.5) is 4.39 Å². The lowest BCUT2D eigenvalue weighted by molar-refractivity contribution is 0.0620. The Bertz CT molecular complexity index is 1060. The average Bonchev–Trinajstić information content (AvgIpc) is 3.00. The third-order valence-electron chi connectivity index (χ3n) is 6.00. The van der Waals surface area contributed by atoms with E-state index in [0.29, 0.717) is 16.5 Å². The Morgan fingerprint density at radius 2 is 1.75 bits per heavy atom. The van der Waals surface area contributed by atoms with Gasteiger partial charge in [0.15, 0.2) is 0 Å². The number of amides is 1. The third kappa shape index (κ3) is 2.91. The number of hydrogen-bond donors (Lipinski definition) is 0. The molecule has 1 unspecified atom stereocenters. The molecule has 1 heterocycles. The number of carbonyl (C=O) groups excluding carboxylic acids is 1. The van der Waals surface area contributed by atoms with Gasteiger partial charge in [0.25, 0.3) is 5.91 Å². The van der Waals surface area contributed by atoms with E-state index in [1.54, 1.807) is 24.3 Å². The molecule has 1 fully saturated rings. The summed E-state index contributed by atoms with van der Waals surface area (Å²) in [5, 5.41) is 0.575. The Morgan fingerprint density at radius 3 is 2.54 bits per heavy atom. The molecule has 0 saturated carbocycles. The average molecular weight is 392 g/mol. The fourth-order valence-electron chi connectivity index (χ4n) is 4.63. The molecule has 1 aliphatic heterocycles. The highest BCUT2D eigenvalue weighted by Gasteiger charge is 2.41. The first-order chi connectivity index (χ1) is 13.6. The summed E-state index contributed by atoms with van der Waals surface area (Å²) < 4.78 is 13.3. The minimum absolute atomic E-state index is 0.0333. The van der Waals surface area contributed by atoms with E-state index in [1.165, 1.54) is 23.3 Å². The van der Waals surface area contributed by atoms with Gasteiger partial charge in [-0.3, -0.25) is 4.79 Å². The molecule has 2 bridgehead atoms. The first-order valence-electron chi connectivity index (χ1n) is 9.56. The number of piperidine rings is 1. The number of likely N-dealkylation sites (tertiary alicyclic amines) is 1. The van der Waals surface area contributed by atoms with Gasteiger partial charge in [0, 0.05) is 17.1 Å². The molecule has 3 aromatic rings. The van der Waals surface area contributed by atoms with E-state index in [9.17, 15) is 9.18 Å². The van der Waals surface area contributed by atoms with Gasteiger partial charge in [0.2, 0.25) is 0 Å². The van der Waals surface area contributed by atoms with Crippen molar-refractivity contribution in [2.75, 3.05) is 6.54 Å². The molecular formula is C24H19ClFNO. The summed E-state index contributed by atoms with van der Waals surface area (Å²) in [6.45, 7) is 0.751. The Morgan fingerprint density at radius 1 is 0.964 bits per heavy atom. The summed E-state index contributed by atoms with van der Waals surface area (Å²) in [4.78, 5) is 15.2. The fourth-order valence-corrected chi connectivity index (χ4v) is 4.82. The summed E-state index contributed by atoms with van der Waals surface area (Å²) in [6, 6.07) is 20.3. The standard InChI is InChI=1S/C24H19ClFNO/c25-19-3-1-2-18(12-19)24(28)27-11-10-17-14-23(27)22-13-16(6-9-21(17)22)15-4-7-20(26)8-5-15/h1-9,12-13,17,23H,10-11,14H2/t17?,23-/m1/s1. The van der Waals surface area contributed by atoms with E-state index in [2.05, 4.69) is 18.2 Å².